The van der Waals surface area contributed by atoms with Crippen LogP contribution in [-0.4, -0.2) is 35.1 Å². The summed E-state index contributed by atoms with van der Waals surface area (Å²) in [7, 11) is 0. The number of aryl methyl sites for hydroxylation is 1. The molecule has 2 atom stereocenters. The van der Waals surface area contributed by atoms with Crippen LogP contribution < -0.4 is 15.7 Å². The Morgan fingerprint density at radius 3 is 2.74 bits per heavy atom. The van der Waals surface area contributed by atoms with Crippen LogP contribution >= 0.6 is 0 Å². The highest BCUT2D eigenvalue weighted by Gasteiger charge is 2.26. The number of allylic oxidation sites excluding steroid dienone is 2. The molecule has 0 unspecified atom stereocenters. The number of hydrogen-bond donors (Lipinski definition) is 3. The Bertz CT molecular complexity index is 1320. The van der Waals surface area contributed by atoms with Crippen LogP contribution in [0.3, 0.4) is 0 Å². The molecule has 4 rings (SSSR count). The zero-order valence-corrected chi connectivity index (χ0v) is 19.3. The van der Waals surface area contributed by atoms with E-state index in [9.17, 15) is 19.8 Å². The first-order chi connectivity index (χ1) is 16.2. The first-order valence-corrected chi connectivity index (χ1v) is 11.0. The van der Waals surface area contributed by atoms with Crippen LogP contribution in [0, 0.1) is 6.92 Å². The third-order valence-electron chi connectivity index (χ3n) is 5.62. The summed E-state index contributed by atoms with van der Waals surface area (Å²) in [5.41, 5.74) is 2.28. The lowest BCUT2D eigenvalue weighted by Gasteiger charge is -2.15. The van der Waals surface area contributed by atoms with Crippen LogP contribution in [0.1, 0.15) is 41.8 Å². The highest BCUT2D eigenvalue weighted by atomic mass is 16.7. The molecule has 8 nitrogen and oxygen atoms in total. The lowest BCUT2D eigenvalue weighted by atomic mass is 10.0. The first kappa shape index (κ1) is 23.5. The molecule has 1 amide bonds. The molecule has 0 spiro atoms. The number of fused-ring (bicyclic) bond motifs is 1. The van der Waals surface area contributed by atoms with Crippen LogP contribution in [0.25, 0.3) is 11.0 Å². The van der Waals surface area contributed by atoms with Crippen molar-refractivity contribution in [2.24, 2.45) is 0 Å². The van der Waals surface area contributed by atoms with Crippen molar-refractivity contribution < 1.29 is 28.9 Å². The molecule has 3 N–H and O–H groups in total. The Labute approximate surface area is 196 Å². The molecule has 34 heavy (non-hydrogen) atoms. The van der Waals surface area contributed by atoms with Crippen molar-refractivity contribution in [3.05, 3.63) is 75.2 Å². The van der Waals surface area contributed by atoms with Crippen LogP contribution in [0.5, 0.6) is 11.5 Å². The fourth-order valence-electron chi connectivity index (χ4n) is 3.72. The topological polar surface area (TPSA) is 118 Å². The Kier molecular flexibility index (Phi) is 6.72. The lowest BCUT2D eigenvalue weighted by molar-refractivity contribution is -0.0404. The molecule has 1 fully saturated rings. The van der Waals surface area contributed by atoms with Crippen molar-refractivity contribution in [1.82, 2.24) is 0 Å². The number of amides is 1. The summed E-state index contributed by atoms with van der Waals surface area (Å²) < 4.78 is 16.7. The van der Waals surface area contributed by atoms with Gasteiger partial charge < -0.3 is 29.4 Å². The number of ether oxygens (including phenoxy) is 2. The molecule has 3 aromatic rings. The summed E-state index contributed by atoms with van der Waals surface area (Å²) in [4.78, 5) is 25.4. The molecule has 1 aliphatic heterocycles. The van der Waals surface area contributed by atoms with Crippen LogP contribution in [0.4, 0.5) is 5.69 Å². The third-order valence-corrected chi connectivity index (χ3v) is 5.62. The average molecular weight is 466 g/mol. The van der Waals surface area contributed by atoms with Crippen molar-refractivity contribution in [3.8, 4) is 11.5 Å². The Balaban J connectivity index is 1.57. The standard InChI is InChI=1S/C26H27NO7/c1-14(2)4-5-16-10-18(6-8-21(16)29)25(30)27-20-11-17-7-9-22(15(3)24(17)34-26(20)31)33-23-12-19(28)13-32-23/h4,6-11,19,23,28-29H,5,12-13H2,1-3H3,(H,27,30)/t19-,23-/m1/s1. The van der Waals surface area contributed by atoms with E-state index in [1.165, 1.54) is 12.1 Å². The minimum absolute atomic E-state index is 0.00624. The van der Waals surface area contributed by atoms with Crippen molar-refractivity contribution in [2.75, 3.05) is 11.9 Å². The number of aliphatic hydroxyl groups is 1. The molecule has 178 valence electrons. The summed E-state index contributed by atoms with van der Waals surface area (Å²) in [5, 5.41) is 22.9. The smallest absolute Gasteiger partial charge is 0.360 e. The van der Waals surface area contributed by atoms with Gasteiger partial charge >= 0.3 is 5.63 Å². The van der Waals surface area contributed by atoms with Gasteiger partial charge in [0.2, 0.25) is 6.29 Å². The predicted octanol–water partition coefficient (Wildman–Crippen LogP) is 4.05. The maximum Gasteiger partial charge on any atom is 0.360 e. The van der Waals surface area contributed by atoms with Crippen molar-refractivity contribution in [3.63, 3.8) is 0 Å². The number of benzene rings is 2. The summed E-state index contributed by atoms with van der Waals surface area (Å²) in [6, 6.07) is 9.56. The number of phenols is 1. The number of nitrogens with one attached hydrogen (secondary N) is 1. The first-order valence-electron chi connectivity index (χ1n) is 11.0. The molecule has 2 aromatic carbocycles. The number of aliphatic hydroxyl groups excluding tert-OH is 1. The number of carbonyl (C=O) groups is 1. The van der Waals surface area contributed by atoms with Crippen molar-refractivity contribution in [2.45, 2.75) is 46.0 Å². The van der Waals surface area contributed by atoms with E-state index in [2.05, 4.69) is 5.32 Å². The largest absolute Gasteiger partial charge is 0.508 e. The molecule has 0 radical (unpaired) electrons. The van der Waals surface area contributed by atoms with Crippen LogP contribution in [0.2, 0.25) is 0 Å². The number of aromatic hydroxyl groups is 1. The second kappa shape index (κ2) is 9.70. The molecule has 2 heterocycles. The quantitative estimate of drug-likeness (QED) is 0.371. The van der Waals surface area contributed by atoms with Crippen LogP contribution in [-0.2, 0) is 11.2 Å². The second-order valence-electron chi connectivity index (χ2n) is 8.61. The number of carbonyl (C=O) groups excluding carboxylic acids is 1. The van der Waals surface area contributed by atoms with Gasteiger partial charge in [-0.15, -0.1) is 0 Å². The normalized spacial score (nSPS) is 17.5. The summed E-state index contributed by atoms with van der Waals surface area (Å²) in [5.74, 6) is 0.100. The zero-order valence-electron chi connectivity index (χ0n) is 19.3. The molecule has 1 aliphatic rings. The summed E-state index contributed by atoms with van der Waals surface area (Å²) in [6.45, 7) is 5.88. The molecular weight excluding hydrogens is 438 g/mol. The monoisotopic (exact) mass is 465 g/mol. The van der Waals surface area contributed by atoms with E-state index in [0.717, 1.165) is 5.57 Å². The van der Waals surface area contributed by atoms with Gasteiger partial charge in [-0.05, 0) is 69.2 Å². The van der Waals surface area contributed by atoms with Gasteiger partial charge in [0.1, 0.15) is 22.8 Å². The number of anilines is 1. The van der Waals surface area contributed by atoms with Crippen molar-refractivity contribution >= 4 is 22.6 Å². The number of rotatable bonds is 6. The maximum absolute atomic E-state index is 12.8. The van der Waals surface area contributed by atoms with Gasteiger partial charge in [-0.1, -0.05) is 11.6 Å². The summed E-state index contributed by atoms with van der Waals surface area (Å²) >= 11 is 0. The summed E-state index contributed by atoms with van der Waals surface area (Å²) in [6.07, 6.45) is 1.67. The van der Waals surface area contributed by atoms with Gasteiger partial charge in [0.25, 0.3) is 5.91 Å². The highest BCUT2D eigenvalue weighted by Crippen LogP contribution is 2.30. The number of hydrogen-bond acceptors (Lipinski definition) is 7. The van der Waals surface area contributed by atoms with Gasteiger partial charge in [0.15, 0.2) is 0 Å². The number of phenolic OH excluding ortho intramolecular Hbond substituents is 1. The third kappa shape index (κ3) is 5.13. The molecule has 8 heteroatoms. The minimum Gasteiger partial charge on any atom is -0.508 e. The van der Waals surface area contributed by atoms with Gasteiger partial charge in [-0.25, -0.2) is 4.79 Å². The minimum atomic E-state index is -0.697. The SMILES string of the molecule is CC(C)=CCc1cc(C(=O)Nc2cc3ccc(O[C@@H]4C[C@@H](O)CO4)c(C)c3oc2=O)ccc1O. The lowest BCUT2D eigenvalue weighted by Crippen LogP contribution is -2.18. The fraction of sp³-hybridized carbons (Fsp3) is 0.308. The molecule has 0 bridgehead atoms. The fourth-order valence-corrected chi connectivity index (χ4v) is 3.72. The maximum atomic E-state index is 12.8. The van der Waals surface area contributed by atoms with E-state index in [4.69, 9.17) is 13.9 Å². The Hall–Kier alpha value is -3.62. The molecule has 1 aromatic heterocycles. The van der Waals surface area contributed by atoms with E-state index in [1.807, 2.05) is 19.9 Å². The predicted molar refractivity (Wildman–Crippen MR) is 127 cm³/mol. The van der Waals surface area contributed by atoms with Crippen molar-refractivity contribution in [1.29, 1.82) is 0 Å². The Morgan fingerprint density at radius 2 is 2.03 bits per heavy atom. The molecule has 0 saturated carbocycles. The van der Waals surface area contributed by atoms with Gasteiger partial charge in [0, 0.05) is 22.9 Å². The highest BCUT2D eigenvalue weighted by molar-refractivity contribution is 6.05. The van der Waals surface area contributed by atoms with E-state index < -0.39 is 23.9 Å². The zero-order chi connectivity index (χ0) is 24.4. The van der Waals surface area contributed by atoms with Gasteiger partial charge in [0.05, 0.1) is 12.7 Å². The van der Waals surface area contributed by atoms with Gasteiger partial charge in [-0.3, -0.25) is 4.79 Å². The Morgan fingerprint density at radius 1 is 1.24 bits per heavy atom. The van der Waals surface area contributed by atoms with E-state index in [0.29, 0.717) is 46.3 Å². The van der Waals surface area contributed by atoms with E-state index in [-0.39, 0.29) is 18.0 Å². The van der Waals surface area contributed by atoms with E-state index in [1.54, 1.807) is 31.2 Å². The molecule has 0 aliphatic carbocycles. The average Bonchev–Trinajstić information content (AvgIpc) is 3.20. The van der Waals surface area contributed by atoms with Gasteiger partial charge in [-0.2, -0.15) is 0 Å². The van der Waals surface area contributed by atoms with E-state index >= 15 is 0 Å². The second-order valence-corrected chi connectivity index (χ2v) is 8.61. The van der Waals surface area contributed by atoms with Crippen LogP contribution in [0.15, 0.2) is 57.3 Å². The molecule has 1 saturated heterocycles. The molecular formula is C26H27NO7.